The van der Waals surface area contributed by atoms with Crippen molar-refractivity contribution in [2.45, 2.75) is 11.8 Å². The Kier molecular flexibility index (Phi) is 3.94. The Morgan fingerprint density at radius 2 is 1.67 bits per heavy atom. The average Bonchev–Trinajstić information content (AvgIpc) is 3.48. The molecule has 8 heteroatoms. The number of fused-ring (bicyclic) bond motifs is 4. The largest absolute Gasteiger partial charge is 0.454 e. The molecule has 0 saturated heterocycles. The van der Waals surface area contributed by atoms with Gasteiger partial charge < -0.3 is 23.8 Å². The first kappa shape index (κ1) is 18.0. The molecule has 152 valence electrons. The number of ether oxygens (including phenoxy) is 4. The second-order valence-corrected chi connectivity index (χ2v) is 9.50. The number of allylic oxidation sites excluding steroid dienone is 2. The summed E-state index contributed by atoms with van der Waals surface area (Å²) in [4.78, 5) is 3.38. The maximum Gasteiger partial charge on any atom is 0.262 e. The molecule has 6 nitrogen and oxygen atoms in total. The Labute approximate surface area is 181 Å². The summed E-state index contributed by atoms with van der Waals surface area (Å²) in [7, 11) is 4.17. The number of nitrogens with zero attached hydrogens (tertiary/aromatic N) is 2. The van der Waals surface area contributed by atoms with Crippen LogP contribution in [-0.2, 0) is 7.05 Å². The first-order valence-electron chi connectivity index (χ1n) is 9.54. The van der Waals surface area contributed by atoms with Gasteiger partial charge >= 0.3 is 0 Å². The Hall–Kier alpha value is -2.84. The number of thiazole rings is 1. The van der Waals surface area contributed by atoms with Crippen LogP contribution < -0.4 is 28.4 Å². The van der Waals surface area contributed by atoms with Crippen molar-refractivity contribution in [2.24, 2.45) is 7.05 Å². The van der Waals surface area contributed by atoms with Crippen LogP contribution in [0.3, 0.4) is 0 Å². The summed E-state index contributed by atoms with van der Waals surface area (Å²) >= 11 is 3.49. The highest BCUT2D eigenvalue weighted by molar-refractivity contribution is 8.03. The number of hydrogen-bond donors (Lipinski definition) is 0. The number of thioether (sulfide) groups is 1. The molecular weight excluding hydrogens is 420 g/mol. The Bertz CT molecular complexity index is 1280. The fourth-order valence-electron chi connectivity index (χ4n) is 3.80. The minimum atomic E-state index is 0.296. The molecule has 3 aromatic rings. The number of rotatable bonds is 2. The van der Waals surface area contributed by atoms with E-state index in [0.29, 0.717) is 13.6 Å². The molecular formula is C22H19N2O4S2+. The Balaban J connectivity index is 1.32. The Morgan fingerprint density at radius 3 is 2.43 bits per heavy atom. The molecule has 0 radical (unpaired) electrons. The summed E-state index contributed by atoms with van der Waals surface area (Å²) in [6, 6.07) is 8.24. The number of aromatic nitrogens is 1. The zero-order valence-corrected chi connectivity index (χ0v) is 18.4. The summed E-state index contributed by atoms with van der Waals surface area (Å²) in [6.07, 6.45) is 4.43. The van der Waals surface area contributed by atoms with Crippen molar-refractivity contribution >= 4 is 45.1 Å². The monoisotopic (exact) mass is 439 g/mol. The third-order valence-electron chi connectivity index (χ3n) is 5.42. The smallest absolute Gasteiger partial charge is 0.262 e. The molecule has 0 unspecified atom stereocenters. The topological polar surface area (TPSA) is 44.0 Å². The fourth-order valence-corrected chi connectivity index (χ4v) is 6.14. The van der Waals surface area contributed by atoms with Crippen LogP contribution >= 0.6 is 23.1 Å². The van der Waals surface area contributed by atoms with Gasteiger partial charge in [-0.25, -0.2) is 0 Å². The van der Waals surface area contributed by atoms with Crippen molar-refractivity contribution in [1.82, 2.24) is 0 Å². The van der Waals surface area contributed by atoms with Crippen molar-refractivity contribution in [1.29, 1.82) is 0 Å². The lowest BCUT2D eigenvalue weighted by Gasteiger charge is -2.13. The van der Waals surface area contributed by atoms with E-state index in [2.05, 4.69) is 66.9 Å². The van der Waals surface area contributed by atoms with Crippen LogP contribution in [0.15, 0.2) is 45.8 Å². The summed E-state index contributed by atoms with van der Waals surface area (Å²) in [5.74, 6) is 3.26. The quantitative estimate of drug-likeness (QED) is 0.541. The molecule has 0 N–H and O–H groups in total. The highest BCUT2D eigenvalue weighted by atomic mass is 32.2. The number of aryl methyl sites for hydroxylation is 1. The fraction of sp³-hybridized carbons (Fsp3) is 0.227. The van der Waals surface area contributed by atoms with Gasteiger partial charge in [-0.15, -0.1) is 0 Å². The molecule has 3 aliphatic heterocycles. The molecule has 0 atom stereocenters. The minimum absolute atomic E-state index is 0.296. The van der Waals surface area contributed by atoms with Crippen LogP contribution in [0.4, 0.5) is 5.69 Å². The van der Waals surface area contributed by atoms with Crippen LogP contribution in [0.25, 0.3) is 16.3 Å². The van der Waals surface area contributed by atoms with Crippen LogP contribution in [0, 0.1) is 0 Å². The molecule has 0 amide bonds. The van der Waals surface area contributed by atoms with E-state index in [1.807, 2.05) is 0 Å². The van der Waals surface area contributed by atoms with E-state index in [4.69, 9.17) is 18.9 Å². The summed E-state index contributed by atoms with van der Waals surface area (Å²) in [6.45, 7) is 2.72. The average molecular weight is 440 g/mol. The van der Waals surface area contributed by atoms with Crippen molar-refractivity contribution < 1.29 is 23.5 Å². The molecule has 0 aliphatic carbocycles. The van der Waals surface area contributed by atoms with Gasteiger partial charge in [-0.05, 0) is 18.6 Å². The number of benzene rings is 2. The van der Waals surface area contributed by atoms with E-state index in [1.165, 1.54) is 25.2 Å². The van der Waals surface area contributed by atoms with Crippen LogP contribution in [0.1, 0.15) is 11.9 Å². The van der Waals surface area contributed by atoms with Crippen LogP contribution in [-0.4, -0.2) is 20.6 Å². The first-order valence-corrected chi connectivity index (χ1v) is 11.2. The van der Waals surface area contributed by atoms with E-state index in [0.717, 1.165) is 34.2 Å². The zero-order chi connectivity index (χ0) is 20.4. The number of anilines is 1. The summed E-state index contributed by atoms with van der Waals surface area (Å²) < 4.78 is 25.5. The zero-order valence-electron chi connectivity index (χ0n) is 16.7. The lowest BCUT2D eigenvalue weighted by atomic mass is 10.2. The molecule has 0 spiro atoms. The third-order valence-corrected chi connectivity index (χ3v) is 7.72. The van der Waals surface area contributed by atoms with Crippen molar-refractivity contribution in [3.05, 3.63) is 46.0 Å². The van der Waals surface area contributed by atoms with E-state index in [9.17, 15) is 0 Å². The van der Waals surface area contributed by atoms with E-state index >= 15 is 0 Å². The second-order valence-electron chi connectivity index (χ2n) is 7.38. The standard InChI is InChI=1S/C22H19N2O4S2/c1-12(4-21-23(2)13-6-15-17(27-10-25-15)8-19(13)29-21)5-22-24(3)14-7-16-18(28-11-26-16)9-20(14)30-22/h4-9H,10-11H2,1-3H3/q+1. The molecule has 0 saturated carbocycles. The highest BCUT2D eigenvalue weighted by Gasteiger charge is 2.27. The molecule has 6 rings (SSSR count). The van der Waals surface area contributed by atoms with Crippen LogP contribution in [0.2, 0.25) is 0 Å². The molecule has 30 heavy (non-hydrogen) atoms. The van der Waals surface area contributed by atoms with E-state index < -0.39 is 0 Å². The van der Waals surface area contributed by atoms with Crippen molar-refractivity contribution in [2.75, 3.05) is 25.5 Å². The molecule has 1 aromatic heterocycles. The van der Waals surface area contributed by atoms with Gasteiger partial charge in [-0.1, -0.05) is 23.1 Å². The third kappa shape index (κ3) is 2.74. The van der Waals surface area contributed by atoms with Gasteiger partial charge in [0.15, 0.2) is 23.0 Å². The molecule has 2 aromatic carbocycles. The van der Waals surface area contributed by atoms with Gasteiger partial charge in [-0.3, -0.25) is 0 Å². The molecule has 4 heterocycles. The van der Waals surface area contributed by atoms with Gasteiger partial charge in [0.2, 0.25) is 19.1 Å². The van der Waals surface area contributed by atoms with Crippen molar-refractivity contribution in [3.63, 3.8) is 0 Å². The minimum Gasteiger partial charge on any atom is -0.454 e. The van der Waals surface area contributed by atoms with Gasteiger partial charge in [0, 0.05) is 36.2 Å². The second kappa shape index (κ2) is 6.58. The molecule has 0 fully saturated rings. The predicted octanol–water partition coefficient (Wildman–Crippen LogP) is 4.67. The summed E-state index contributed by atoms with van der Waals surface area (Å²) in [5.41, 5.74) is 3.47. The van der Waals surface area contributed by atoms with Gasteiger partial charge in [0.1, 0.15) is 11.7 Å². The normalized spacial score (nSPS) is 18.0. The van der Waals surface area contributed by atoms with Gasteiger partial charge in [-0.2, -0.15) is 4.57 Å². The maximum atomic E-state index is 5.53. The van der Waals surface area contributed by atoms with Crippen molar-refractivity contribution in [3.8, 4) is 23.0 Å². The molecule has 3 aliphatic rings. The van der Waals surface area contributed by atoms with E-state index in [1.54, 1.807) is 23.1 Å². The lowest BCUT2D eigenvalue weighted by Crippen LogP contribution is -2.28. The van der Waals surface area contributed by atoms with Gasteiger partial charge in [0.05, 0.1) is 16.8 Å². The first-order chi connectivity index (χ1) is 14.6. The number of hydrogen-bond acceptors (Lipinski definition) is 7. The summed E-state index contributed by atoms with van der Waals surface area (Å²) in [5, 5.41) is 2.35. The molecule has 0 bridgehead atoms. The maximum absolute atomic E-state index is 5.53. The Morgan fingerprint density at radius 1 is 1.00 bits per heavy atom. The van der Waals surface area contributed by atoms with Crippen LogP contribution in [0.5, 0.6) is 23.0 Å². The lowest BCUT2D eigenvalue weighted by molar-refractivity contribution is -0.642. The predicted molar refractivity (Wildman–Crippen MR) is 118 cm³/mol. The SMILES string of the molecule is CC(=Cc1sc2cc3c(cc2[n+]1C)OCO3)C=C1Sc2cc3c(cc2N1C)OCO3. The van der Waals surface area contributed by atoms with Gasteiger partial charge in [0.25, 0.3) is 5.01 Å². The highest BCUT2D eigenvalue weighted by Crippen LogP contribution is 2.50. The van der Waals surface area contributed by atoms with E-state index in [-0.39, 0.29) is 0 Å².